The number of carbonyl (C=O) groups excluding carboxylic acids is 1. The third-order valence-corrected chi connectivity index (χ3v) is 8.79. The van der Waals surface area contributed by atoms with E-state index in [9.17, 15) is 4.79 Å². The first-order valence-electron chi connectivity index (χ1n) is 12.2. The van der Waals surface area contributed by atoms with Gasteiger partial charge in [0.2, 0.25) is 0 Å². The minimum Gasteiger partial charge on any atom is -0.290 e. The number of fused-ring (bicyclic) bond motifs is 5. The van der Waals surface area contributed by atoms with Crippen LogP contribution in [-0.2, 0) is 4.79 Å². The summed E-state index contributed by atoms with van der Waals surface area (Å²) in [5.74, 6) is 4.87. The lowest BCUT2D eigenvalue weighted by atomic mass is 9.47. The highest BCUT2D eigenvalue weighted by Gasteiger charge is 2.60. The molecule has 0 spiro atoms. The van der Waals surface area contributed by atoms with Gasteiger partial charge in [-0.2, -0.15) is 0 Å². The molecule has 0 bridgehead atoms. The molecule has 0 aromatic carbocycles. The van der Waals surface area contributed by atoms with E-state index in [4.69, 9.17) is 0 Å². The fourth-order valence-electron chi connectivity index (χ4n) is 7.65. The predicted molar refractivity (Wildman–Crippen MR) is 125 cm³/mol. The van der Waals surface area contributed by atoms with Gasteiger partial charge in [0.1, 0.15) is 0 Å². The Hall–Kier alpha value is -1.11. The summed E-state index contributed by atoms with van der Waals surface area (Å²) < 4.78 is 0. The average Bonchev–Trinajstić information content (AvgIpc) is 2.91. The largest absolute Gasteiger partial charge is 0.290 e. The molecular formula is C28H44O. The molecule has 4 aliphatic carbocycles. The summed E-state index contributed by atoms with van der Waals surface area (Å²) >= 11 is 0. The van der Waals surface area contributed by atoms with Crippen molar-refractivity contribution in [2.75, 3.05) is 0 Å². The van der Waals surface area contributed by atoms with Gasteiger partial charge in [-0.25, -0.2) is 0 Å². The van der Waals surface area contributed by atoms with E-state index < -0.39 is 0 Å². The van der Waals surface area contributed by atoms with Crippen molar-refractivity contribution < 1.29 is 4.79 Å². The van der Waals surface area contributed by atoms with Gasteiger partial charge in [0.25, 0.3) is 0 Å². The number of rotatable bonds is 2. The van der Waals surface area contributed by atoms with Crippen LogP contribution in [0, 0.1) is 46.3 Å². The Morgan fingerprint density at radius 1 is 1.21 bits per heavy atom. The molecule has 7 atom stereocenters. The molecule has 6 unspecified atom stereocenters. The third kappa shape index (κ3) is 3.84. The first kappa shape index (κ1) is 22.6. The van der Waals surface area contributed by atoms with Crippen LogP contribution in [0.15, 0.2) is 36.0 Å². The van der Waals surface area contributed by atoms with Crippen LogP contribution >= 0.6 is 0 Å². The van der Waals surface area contributed by atoms with E-state index >= 15 is 0 Å². The van der Waals surface area contributed by atoms with Crippen LogP contribution in [0.2, 0.25) is 0 Å². The summed E-state index contributed by atoms with van der Waals surface area (Å²) in [6, 6.07) is 0. The van der Waals surface area contributed by atoms with Gasteiger partial charge in [-0.15, -0.1) is 0 Å². The second-order valence-electron chi connectivity index (χ2n) is 11.6. The van der Waals surface area contributed by atoms with Crippen LogP contribution in [-0.4, -0.2) is 5.78 Å². The maximum Gasteiger partial charge on any atom is 0.178 e. The van der Waals surface area contributed by atoms with E-state index in [1.807, 2.05) is 12.2 Å². The molecule has 0 aromatic rings. The Labute approximate surface area is 180 Å². The van der Waals surface area contributed by atoms with Crippen molar-refractivity contribution in [2.45, 2.75) is 87.0 Å². The number of ketones is 1. The minimum atomic E-state index is 0.126. The van der Waals surface area contributed by atoms with Gasteiger partial charge in [-0.05, 0) is 91.6 Å². The first-order chi connectivity index (χ1) is 13.5. The highest BCUT2D eigenvalue weighted by molar-refractivity contribution is 6.01. The number of allylic oxidation sites excluding steroid dienone is 5. The van der Waals surface area contributed by atoms with E-state index in [1.54, 1.807) is 0 Å². The van der Waals surface area contributed by atoms with E-state index in [1.165, 1.54) is 36.8 Å². The van der Waals surface area contributed by atoms with Crippen LogP contribution < -0.4 is 0 Å². The quantitative estimate of drug-likeness (QED) is 0.435. The zero-order chi connectivity index (χ0) is 21.6. The van der Waals surface area contributed by atoms with Crippen molar-refractivity contribution in [1.29, 1.82) is 0 Å². The fourth-order valence-corrected chi connectivity index (χ4v) is 7.65. The lowest BCUT2D eigenvalue weighted by molar-refractivity contribution is -0.111. The van der Waals surface area contributed by atoms with Crippen LogP contribution in [0.4, 0.5) is 0 Å². The van der Waals surface area contributed by atoms with Gasteiger partial charge in [0, 0.05) is 5.41 Å². The summed E-state index contributed by atoms with van der Waals surface area (Å²) in [6.07, 6.45) is 13.6. The molecule has 0 radical (unpaired) electrons. The van der Waals surface area contributed by atoms with Crippen molar-refractivity contribution in [3.8, 4) is 0 Å². The predicted octanol–water partition coefficient (Wildman–Crippen LogP) is 7.79. The van der Waals surface area contributed by atoms with Crippen molar-refractivity contribution in [3.05, 3.63) is 36.0 Å². The smallest absolute Gasteiger partial charge is 0.178 e. The topological polar surface area (TPSA) is 17.1 Å². The van der Waals surface area contributed by atoms with E-state index in [0.717, 1.165) is 42.4 Å². The van der Waals surface area contributed by atoms with Crippen LogP contribution in [0.1, 0.15) is 87.0 Å². The molecule has 0 aliphatic heterocycles. The van der Waals surface area contributed by atoms with E-state index in [2.05, 4.69) is 61.1 Å². The average molecular weight is 397 g/mol. The molecule has 3 saturated carbocycles. The summed E-state index contributed by atoms with van der Waals surface area (Å²) in [6.45, 7) is 20.7. The summed E-state index contributed by atoms with van der Waals surface area (Å²) in [7, 11) is 0. The molecule has 1 heteroatoms. The van der Waals surface area contributed by atoms with Crippen LogP contribution in [0.3, 0.4) is 0 Å². The van der Waals surface area contributed by atoms with Gasteiger partial charge >= 0.3 is 0 Å². The Bertz CT molecular complexity index is 707. The Kier molecular flexibility index (Phi) is 6.38. The normalized spacial score (nSPS) is 43.0. The summed E-state index contributed by atoms with van der Waals surface area (Å²) in [4.78, 5) is 11.9. The molecule has 0 heterocycles. The lowest BCUT2D eigenvalue weighted by Gasteiger charge is -2.57. The molecule has 0 amide bonds. The second-order valence-corrected chi connectivity index (χ2v) is 11.6. The maximum absolute atomic E-state index is 11.9. The monoisotopic (exact) mass is 396 g/mol. The van der Waals surface area contributed by atoms with Gasteiger partial charge in [0.15, 0.2) is 5.78 Å². The molecule has 0 N–H and O–H groups in total. The summed E-state index contributed by atoms with van der Waals surface area (Å²) in [5, 5.41) is 0. The number of carbonyl (C=O) groups is 1. The standard InChI is InChI=1S/C24H34O.C4H10/c1-6-15(2)22-16(3)13-21-19-8-7-17-14-18(25)9-11-23(17,4)20(19)10-12-24(21,22)5;1-4(2)3/h9,11,14,16,19-22H,2,6-8,10,12-13H2,1,3-5H3;4H,1-3H3/t16-,19?,20?,21?,22?,23?,24?;/m1./s1. The lowest BCUT2D eigenvalue weighted by Crippen LogP contribution is -2.49. The molecular weight excluding hydrogens is 352 g/mol. The molecule has 0 aromatic heterocycles. The zero-order valence-electron chi connectivity index (χ0n) is 20.1. The minimum absolute atomic E-state index is 0.126. The highest BCUT2D eigenvalue weighted by atomic mass is 16.1. The fraction of sp³-hybridized carbons (Fsp3) is 0.750. The Morgan fingerprint density at radius 3 is 2.48 bits per heavy atom. The van der Waals surface area contributed by atoms with E-state index in [-0.39, 0.29) is 11.2 Å². The van der Waals surface area contributed by atoms with Crippen LogP contribution in [0.5, 0.6) is 0 Å². The highest BCUT2D eigenvalue weighted by Crippen LogP contribution is 2.68. The number of hydrogen-bond donors (Lipinski definition) is 0. The molecule has 162 valence electrons. The van der Waals surface area contributed by atoms with Gasteiger partial charge in [-0.3, -0.25) is 4.79 Å². The molecule has 4 aliphatic rings. The van der Waals surface area contributed by atoms with Crippen molar-refractivity contribution >= 4 is 5.78 Å². The van der Waals surface area contributed by atoms with Gasteiger partial charge in [-0.1, -0.05) is 72.3 Å². The van der Waals surface area contributed by atoms with E-state index in [0.29, 0.717) is 11.3 Å². The van der Waals surface area contributed by atoms with Crippen molar-refractivity contribution in [2.24, 2.45) is 46.3 Å². The zero-order valence-corrected chi connectivity index (χ0v) is 20.1. The maximum atomic E-state index is 11.9. The number of hydrogen-bond acceptors (Lipinski definition) is 1. The molecule has 29 heavy (non-hydrogen) atoms. The molecule has 3 fully saturated rings. The molecule has 0 saturated heterocycles. The van der Waals surface area contributed by atoms with Gasteiger partial charge in [0.05, 0.1) is 0 Å². The molecule has 1 nitrogen and oxygen atoms in total. The van der Waals surface area contributed by atoms with Crippen molar-refractivity contribution in [1.82, 2.24) is 0 Å². The Balaban J connectivity index is 0.000000552. The van der Waals surface area contributed by atoms with Crippen molar-refractivity contribution in [3.63, 3.8) is 0 Å². The third-order valence-electron chi connectivity index (χ3n) is 8.79. The van der Waals surface area contributed by atoms with Gasteiger partial charge < -0.3 is 0 Å². The molecule has 4 rings (SSSR count). The summed E-state index contributed by atoms with van der Waals surface area (Å²) in [5.41, 5.74) is 3.47. The Morgan fingerprint density at radius 2 is 1.86 bits per heavy atom. The first-order valence-corrected chi connectivity index (χ1v) is 12.2. The second kappa shape index (κ2) is 8.20. The SMILES string of the molecule is C=C(CC)C1[C@H](C)CC2C3CCC4=CC(=O)C=CC4(C)C3CCC21C.CC(C)C. The van der Waals surface area contributed by atoms with Crippen LogP contribution in [0.25, 0.3) is 0 Å².